The van der Waals surface area contributed by atoms with E-state index in [0.717, 1.165) is 0 Å². The lowest BCUT2D eigenvalue weighted by Crippen LogP contribution is -2.43. The Hall–Kier alpha value is -1.12. The number of phosphoric ester groups is 1. The van der Waals surface area contributed by atoms with Crippen LogP contribution in [0.25, 0.3) is 0 Å². The average Bonchev–Trinajstić information content (AvgIpc) is 2.80. The summed E-state index contributed by atoms with van der Waals surface area (Å²) in [7, 11) is -17.5. The summed E-state index contributed by atoms with van der Waals surface area (Å²) >= 11 is 4.82. The molecule has 8 N–H and O–H groups in total. The number of aliphatic hydroxyl groups is 2. The SMILES string of the molecule is C#C[C@]1(OP(=O)(O)OP(=O)(O)OP(=O)(O)O)O[C@@H](n2cc(F)c(N)nc2=S)C(O)[C@H]1O. The summed E-state index contributed by atoms with van der Waals surface area (Å²) in [6, 6.07) is 0. The molecule has 2 heterocycles. The van der Waals surface area contributed by atoms with Crippen molar-refractivity contribution < 1.29 is 65.8 Å². The van der Waals surface area contributed by atoms with Gasteiger partial charge in [0.1, 0.15) is 6.10 Å². The van der Waals surface area contributed by atoms with Crippen molar-refractivity contribution in [2.75, 3.05) is 5.73 Å². The van der Waals surface area contributed by atoms with E-state index in [-0.39, 0.29) is 0 Å². The van der Waals surface area contributed by atoms with Crippen LogP contribution in [0.4, 0.5) is 10.2 Å². The van der Waals surface area contributed by atoms with Crippen LogP contribution in [0.1, 0.15) is 6.23 Å². The number of terminal acetylenes is 1. The lowest BCUT2D eigenvalue weighted by Gasteiger charge is -2.28. The highest BCUT2D eigenvalue weighted by Gasteiger charge is 2.60. The summed E-state index contributed by atoms with van der Waals surface area (Å²) in [4.78, 5) is 39.3. The van der Waals surface area contributed by atoms with Crippen molar-refractivity contribution in [3.8, 4) is 12.3 Å². The van der Waals surface area contributed by atoms with Crippen LogP contribution in [0.2, 0.25) is 0 Å². The Morgan fingerprint density at radius 1 is 1.26 bits per heavy atom. The summed E-state index contributed by atoms with van der Waals surface area (Å²) in [5.74, 6) is -3.26. The molecule has 2 rings (SSSR count). The van der Waals surface area contributed by atoms with Gasteiger partial charge in [0.15, 0.2) is 24.0 Å². The molecule has 0 amide bonds. The molecule has 174 valence electrons. The van der Waals surface area contributed by atoms with Crippen LogP contribution in [-0.2, 0) is 31.6 Å². The number of nitrogens with zero attached hydrogens (tertiary/aromatic N) is 2. The van der Waals surface area contributed by atoms with Crippen LogP contribution in [0.3, 0.4) is 0 Å². The molecule has 3 unspecified atom stereocenters. The van der Waals surface area contributed by atoms with Crippen molar-refractivity contribution in [2.24, 2.45) is 0 Å². The number of aromatic nitrogens is 2. The van der Waals surface area contributed by atoms with Gasteiger partial charge in [0, 0.05) is 6.20 Å². The Morgan fingerprint density at radius 3 is 2.35 bits per heavy atom. The average molecular weight is 527 g/mol. The molecular formula is C10H13FN3O13P3S. The maximum absolute atomic E-state index is 13.7. The number of aliphatic hydroxyl groups excluding tert-OH is 2. The molecule has 21 heteroatoms. The zero-order chi connectivity index (χ0) is 24.0. The smallest absolute Gasteiger partial charge is 0.385 e. The standard InChI is InChI=1S/C10H13FN3O13P3S/c1-2-10(25-29(20,21)27-30(22,23)26-28(17,18)19)6(16)5(15)8(24-10)14-3-4(11)7(12)13-9(14)31/h1,3,5-6,8,15-16H,(H,20,21)(H,22,23)(H2,12,13,31)(H2,17,18,19)/t5?,6-,8-,10-/m1/s1. The predicted molar refractivity (Wildman–Crippen MR) is 96.1 cm³/mol. The van der Waals surface area contributed by atoms with E-state index >= 15 is 0 Å². The molecular weight excluding hydrogens is 514 g/mol. The summed E-state index contributed by atoms with van der Waals surface area (Å²) in [6.45, 7) is 0. The second-order valence-corrected chi connectivity index (χ2v) is 10.3. The van der Waals surface area contributed by atoms with E-state index in [0.29, 0.717) is 10.8 Å². The van der Waals surface area contributed by atoms with Gasteiger partial charge in [-0.1, -0.05) is 0 Å². The van der Waals surface area contributed by atoms with Crippen molar-refractivity contribution in [2.45, 2.75) is 24.2 Å². The van der Waals surface area contributed by atoms with E-state index in [1.165, 1.54) is 0 Å². The van der Waals surface area contributed by atoms with Crippen LogP contribution >= 0.6 is 35.7 Å². The molecule has 16 nitrogen and oxygen atoms in total. The Bertz CT molecular complexity index is 1120. The van der Waals surface area contributed by atoms with E-state index in [9.17, 15) is 38.1 Å². The number of halogens is 1. The van der Waals surface area contributed by atoms with Gasteiger partial charge in [-0.3, -0.25) is 4.57 Å². The predicted octanol–water partition coefficient (Wildman–Crippen LogP) is -0.743. The lowest BCUT2D eigenvalue weighted by atomic mass is 10.1. The van der Waals surface area contributed by atoms with E-state index in [1.807, 2.05) is 0 Å². The molecule has 0 bridgehead atoms. The first-order valence-corrected chi connectivity index (χ1v) is 12.3. The third kappa shape index (κ3) is 6.02. The van der Waals surface area contributed by atoms with Crippen LogP contribution < -0.4 is 5.73 Å². The molecule has 0 aliphatic carbocycles. The number of phosphoric acid groups is 3. The molecule has 6 atom stereocenters. The van der Waals surface area contributed by atoms with Crippen molar-refractivity contribution >= 4 is 41.5 Å². The molecule has 0 aromatic carbocycles. The number of hydrogen-bond acceptors (Lipinski definition) is 12. The van der Waals surface area contributed by atoms with Gasteiger partial charge >= 0.3 is 23.5 Å². The second kappa shape index (κ2) is 8.67. The monoisotopic (exact) mass is 527 g/mol. The minimum Gasteiger partial charge on any atom is -0.385 e. The van der Waals surface area contributed by atoms with Crippen molar-refractivity contribution in [3.05, 3.63) is 16.8 Å². The molecule has 1 aromatic rings. The second-order valence-electron chi connectivity index (χ2n) is 5.60. The Labute approximate surface area is 176 Å². The minimum absolute atomic E-state index is 0.485. The van der Waals surface area contributed by atoms with Crippen LogP contribution in [-0.4, -0.2) is 57.3 Å². The summed E-state index contributed by atoms with van der Waals surface area (Å²) < 4.78 is 64.5. The van der Waals surface area contributed by atoms with Gasteiger partial charge in [0.2, 0.25) is 4.77 Å². The molecule has 1 saturated heterocycles. The van der Waals surface area contributed by atoms with Crippen molar-refractivity contribution in [1.29, 1.82) is 0 Å². The van der Waals surface area contributed by atoms with Gasteiger partial charge in [-0.25, -0.2) is 22.6 Å². The fourth-order valence-corrected chi connectivity index (χ4v) is 5.69. The van der Waals surface area contributed by atoms with Gasteiger partial charge in [-0.2, -0.15) is 13.6 Å². The first-order chi connectivity index (χ1) is 13.9. The Balaban J connectivity index is 2.37. The van der Waals surface area contributed by atoms with E-state index in [4.69, 9.17) is 38.9 Å². The highest BCUT2D eigenvalue weighted by molar-refractivity contribution is 7.71. The number of nitrogen functional groups attached to an aromatic ring is 1. The number of hydrogen-bond donors (Lipinski definition) is 7. The Morgan fingerprint density at radius 2 is 1.84 bits per heavy atom. The van der Waals surface area contributed by atoms with Gasteiger partial charge in [0.25, 0.3) is 5.79 Å². The molecule has 0 spiro atoms. The summed E-state index contributed by atoms with van der Waals surface area (Å²) in [5, 5.41) is 20.4. The van der Waals surface area contributed by atoms with Gasteiger partial charge in [0.05, 0.1) is 0 Å². The van der Waals surface area contributed by atoms with Gasteiger partial charge in [-0.05, 0) is 18.1 Å². The first-order valence-electron chi connectivity index (χ1n) is 7.32. The van der Waals surface area contributed by atoms with Crippen LogP contribution in [0.5, 0.6) is 0 Å². The van der Waals surface area contributed by atoms with E-state index < -0.39 is 64.1 Å². The summed E-state index contributed by atoms with van der Waals surface area (Å²) in [6.07, 6.45) is -0.637. The molecule has 1 fully saturated rings. The van der Waals surface area contributed by atoms with Crippen molar-refractivity contribution in [3.63, 3.8) is 0 Å². The molecule has 1 aliphatic rings. The highest BCUT2D eigenvalue weighted by Crippen LogP contribution is 2.67. The molecule has 0 radical (unpaired) electrons. The summed E-state index contributed by atoms with van der Waals surface area (Å²) in [5.41, 5.74) is 5.24. The molecule has 1 aliphatic heterocycles. The fraction of sp³-hybridized carbons (Fsp3) is 0.400. The zero-order valence-electron chi connectivity index (χ0n) is 14.5. The quantitative estimate of drug-likeness (QED) is 0.131. The molecule has 1 aromatic heterocycles. The lowest BCUT2D eigenvalue weighted by molar-refractivity contribution is -0.187. The third-order valence-corrected chi connectivity index (χ3v) is 7.51. The minimum atomic E-state index is -5.93. The third-order valence-electron chi connectivity index (χ3n) is 3.38. The normalized spacial score (nSPS) is 30.3. The fourth-order valence-electron chi connectivity index (χ4n) is 2.25. The number of ether oxygens (including phenoxy) is 1. The molecule has 31 heavy (non-hydrogen) atoms. The molecule has 0 saturated carbocycles. The number of rotatable bonds is 7. The number of nitrogens with two attached hydrogens (primary N) is 1. The largest absolute Gasteiger partial charge is 0.490 e. The maximum Gasteiger partial charge on any atom is 0.490 e. The zero-order valence-corrected chi connectivity index (χ0v) is 18.0. The van der Waals surface area contributed by atoms with Gasteiger partial charge in [-0.15, -0.1) is 6.42 Å². The highest BCUT2D eigenvalue weighted by atomic mass is 32.1. The van der Waals surface area contributed by atoms with E-state index in [2.05, 4.69) is 18.1 Å². The number of anilines is 1. The van der Waals surface area contributed by atoms with E-state index in [1.54, 1.807) is 5.92 Å². The Kier molecular flexibility index (Phi) is 7.31. The topological polar surface area (TPSA) is 253 Å². The van der Waals surface area contributed by atoms with Crippen LogP contribution in [0, 0.1) is 22.9 Å². The first kappa shape index (κ1) is 26.1. The van der Waals surface area contributed by atoms with Crippen molar-refractivity contribution in [1.82, 2.24) is 9.55 Å². The maximum atomic E-state index is 13.7. The van der Waals surface area contributed by atoms with Crippen LogP contribution in [0.15, 0.2) is 6.20 Å². The van der Waals surface area contributed by atoms with Gasteiger partial charge < -0.3 is 40.3 Å².